The van der Waals surface area contributed by atoms with Gasteiger partial charge in [-0.1, -0.05) is 102 Å². The molecule has 6 heteroatoms. The second-order valence-corrected chi connectivity index (χ2v) is 15.1. The molecule has 0 spiro atoms. The highest BCUT2D eigenvalue weighted by atomic mass is 28.4. The monoisotopic (exact) mass is 536 g/mol. The van der Waals surface area contributed by atoms with Crippen LogP contribution in [0.1, 0.15) is 47.5 Å². The van der Waals surface area contributed by atoms with Crippen molar-refractivity contribution in [2.45, 2.75) is 52.5 Å². The summed E-state index contributed by atoms with van der Waals surface area (Å²) >= 11 is 0. The van der Waals surface area contributed by atoms with Crippen LogP contribution in [0.5, 0.6) is 0 Å². The maximum absolute atomic E-state index is 11.4. The number of hydrogen-bond acceptors (Lipinski definition) is 5. The van der Waals surface area contributed by atoms with Gasteiger partial charge in [0.1, 0.15) is 6.29 Å². The molecule has 0 aromatic heterocycles. The van der Waals surface area contributed by atoms with Gasteiger partial charge >= 0.3 is 5.97 Å². The van der Waals surface area contributed by atoms with Crippen LogP contribution >= 0.6 is 0 Å². The van der Waals surface area contributed by atoms with Crippen molar-refractivity contribution in [1.82, 2.24) is 0 Å². The second-order valence-electron chi connectivity index (χ2n) is 10.8. The van der Waals surface area contributed by atoms with E-state index >= 15 is 0 Å². The zero-order valence-electron chi connectivity index (χ0n) is 23.8. The van der Waals surface area contributed by atoms with Crippen LogP contribution in [0, 0.1) is 11.8 Å². The van der Waals surface area contributed by atoms with Gasteiger partial charge in [0.15, 0.2) is 0 Å². The lowest BCUT2D eigenvalue weighted by molar-refractivity contribution is -0.134. The summed E-state index contributed by atoms with van der Waals surface area (Å²) in [5.41, 5.74) is 0.625. The average molecular weight is 537 g/mol. The van der Waals surface area contributed by atoms with Gasteiger partial charge in [0.25, 0.3) is 8.32 Å². The molecule has 0 amide bonds. The van der Waals surface area contributed by atoms with Crippen molar-refractivity contribution in [2.24, 2.45) is 11.8 Å². The van der Waals surface area contributed by atoms with Crippen molar-refractivity contribution in [2.75, 3.05) is 26.9 Å². The lowest BCUT2D eigenvalue weighted by Gasteiger charge is -2.43. The molecule has 0 aliphatic rings. The Morgan fingerprint density at radius 1 is 0.947 bits per heavy atom. The highest BCUT2D eigenvalue weighted by molar-refractivity contribution is 6.99. The quantitative estimate of drug-likeness (QED) is 0.0991. The van der Waals surface area contributed by atoms with Crippen molar-refractivity contribution in [3.8, 4) is 0 Å². The fourth-order valence-electron chi connectivity index (χ4n) is 4.85. The SMILES string of the molecule is CC[C@H](CO[Si](c1ccccc1)(c1ccccc1)C(C)(C)C)C[C@H](C)COCC(/C=C/C(=O)OC)=C/C=O. The Kier molecular flexibility index (Phi) is 12.9. The first-order valence-electron chi connectivity index (χ1n) is 13.4. The van der Waals surface area contributed by atoms with Crippen LogP contribution in [0.3, 0.4) is 0 Å². The molecular weight excluding hydrogens is 492 g/mol. The molecular formula is C32H44O5Si. The van der Waals surface area contributed by atoms with Gasteiger partial charge in [-0.3, -0.25) is 4.79 Å². The molecule has 0 aliphatic carbocycles. The van der Waals surface area contributed by atoms with E-state index < -0.39 is 14.3 Å². The Hall–Kier alpha value is -2.80. The minimum atomic E-state index is -2.57. The first-order valence-corrected chi connectivity index (χ1v) is 15.3. The number of esters is 1. The average Bonchev–Trinajstić information content (AvgIpc) is 2.91. The minimum absolute atomic E-state index is 0.0538. The number of rotatable bonds is 15. The van der Waals surface area contributed by atoms with Gasteiger partial charge in [0.05, 0.1) is 13.7 Å². The molecule has 0 aliphatic heterocycles. The molecule has 2 rings (SSSR count). The summed E-state index contributed by atoms with van der Waals surface area (Å²) in [6.45, 7) is 12.8. The molecule has 0 saturated carbocycles. The van der Waals surface area contributed by atoms with Crippen molar-refractivity contribution < 1.29 is 23.5 Å². The lowest BCUT2D eigenvalue weighted by atomic mass is 9.95. The number of allylic oxidation sites excluding steroid dienone is 1. The van der Waals surface area contributed by atoms with Gasteiger partial charge < -0.3 is 13.9 Å². The fraction of sp³-hybridized carbons (Fsp3) is 0.438. The first kappa shape index (κ1) is 31.4. The standard InChI is InChI=1S/C32H44O5Si/c1-7-27(22-26(2)23-36-24-28(20-21-33)18-19-31(34)35-6)25-37-38(32(3,4)5,29-14-10-8-11-15-29)30-16-12-9-13-17-30/h8-21,26-27H,7,22-25H2,1-6H3/b19-18+,28-20+/t26-,27-/m0/s1. The van der Waals surface area contributed by atoms with Crippen LogP contribution in [0.15, 0.2) is 84.5 Å². The summed E-state index contributed by atoms with van der Waals surface area (Å²) in [7, 11) is -1.25. The van der Waals surface area contributed by atoms with E-state index in [0.29, 0.717) is 36.9 Å². The number of benzene rings is 2. The summed E-state index contributed by atoms with van der Waals surface area (Å²) in [6.07, 6.45) is 6.92. The molecule has 0 N–H and O–H groups in total. The third kappa shape index (κ3) is 8.90. The molecule has 2 aromatic rings. The summed E-state index contributed by atoms with van der Waals surface area (Å²) in [5, 5.41) is 2.53. The summed E-state index contributed by atoms with van der Waals surface area (Å²) in [6, 6.07) is 21.5. The minimum Gasteiger partial charge on any atom is -0.466 e. The molecule has 206 valence electrons. The maximum Gasteiger partial charge on any atom is 0.330 e. The van der Waals surface area contributed by atoms with Crippen LogP contribution in [-0.4, -0.2) is 47.5 Å². The number of carbonyl (C=O) groups is 2. The third-order valence-electron chi connectivity index (χ3n) is 6.85. The van der Waals surface area contributed by atoms with E-state index in [4.69, 9.17) is 9.16 Å². The zero-order valence-corrected chi connectivity index (χ0v) is 24.8. The fourth-order valence-corrected chi connectivity index (χ4v) is 9.50. The summed E-state index contributed by atoms with van der Waals surface area (Å²) in [4.78, 5) is 22.3. The van der Waals surface area contributed by atoms with E-state index in [1.807, 2.05) is 0 Å². The molecule has 2 atom stereocenters. The highest BCUT2D eigenvalue weighted by Crippen LogP contribution is 2.37. The smallest absolute Gasteiger partial charge is 0.330 e. The number of methoxy groups -OCH3 is 1. The van der Waals surface area contributed by atoms with Crippen LogP contribution in [0.2, 0.25) is 5.04 Å². The van der Waals surface area contributed by atoms with E-state index in [2.05, 4.69) is 100 Å². The first-order chi connectivity index (χ1) is 18.2. The Morgan fingerprint density at radius 3 is 2.00 bits per heavy atom. The number of carbonyl (C=O) groups excluding carboxylic acids is 2. The van der Waals surface area contributed by atoms with Gasteiger partial charge in [0, 0.05) is 19.3 Å². The van der Waals surface area contributed by atoms with Gasteiger partial charge in [-0.15, -0.1) is 0 Å². The molecule has 0 saturated heterocycles. The Balaban J connectivity index is 2.11. The zero-order chi connectivity index (χ0) is 28.0. The normalized spacial score (nSPS) is 14.3. The topological polar surface area (TPSA) is 61.8 Å². The molecule has 5 nitrogen and oxygen atoms in total. The van der Waals surface area contributed by atoms with Gasteiger partial charge in [-0.05, 0) is 51.4 Å². The molecule has 38 heavy (non-hydrogen) atoms. The van der Waals surface area contributed by atoms with E-state index in [9.17, 15) is 9.59 Å². The maximum atomic E-state index is 11.4. The van der Waals surface area contributed by atoms with Gasteiger partial charge in [0.2, 0.25) is 0 Å². The Morgan fingerprint density at radius 2 is 1.53 bits per heavy atom. The van der Waals surface area contributed by atoms with E-state index in [1.165, 1.54) is 29.6 Å². The van der Waals surface area contributed by atoms with Gasteiger partial charge in [-0.2, -0.15) is 0 Å². The van der Waals surface area contributed by atoms with E-state index in [-0.39, 0.29) is 11.6 Å². The summed E-state index contributed by atoms with van der Waals surface area (Å²) < 4.78 is 17.7. The Bertz CT molecular complexity index is 1000. The van der Waals surface area contributed by atoms with Crippen molar-refractivity contribution in [3.05, 3.63) is 84.5 Å². The van der Waals surface area contributed by atoms with Crippen LogP contribution in [0.4, 0.5) is 0 Å². The largest absolute Gasteiger partial charge is 0.466 e. The second kappa shape index (κ2) is 15.6. The highest BCUT2D eigenvalue weighted by Gasteiger charge is 2.50. The van der Waals surface area contributed by atoms with Crippen LogP contribution in [0.25, 0.3) is 0 Å². The van der Waals surface area contributed by atoms with E-state index in [1.54, 1.807) is 6.08 Å². The molecule has 0 unspecified atom stereocenters. The summed E-state index contributed by atoms with van der Waals surface area (Å²) in [5.74, 6) is 0.228. The molecule has 0 bridgehead atoms. The number of aldehydes is 1. The molecule has 2 aromatic carbocycles. The number of hydrogen-bond donors (Lipinski definition) is 0. The molecule has 0 radical (unpaired) electrons. The van der Waals surface area contributed by atoms with Crippen LogP contribution in [-0.2, 0) is 23.5 Å². The predicted octanol–water partition coefficient (Wildman–Crippen LogP) is 5.49. The predicted molar refractivity (Wildman–Crippen MR) is 157 cm³/mol. The Labute approximate surface area is 230 Å². The van der Waals surface area contributed by atoms with E-state index in [0.717, 1.165) is 12.8 Å². The van der Waals surface area contributed by atoms with Crippen molar-refractivity contribution in [3.63, 3.8) is 0 Å². The van der Waals surface area contributed by atoms with Crippen molar-refractivity contribution >= 4 is 30.9 Å². The molecule has 0 fully saturated rings. The lowest BCUT2D eigenvalue weighted by Crippen LogP contribution is -2.66. The number of ether oxygens (including phenoxy) is 2. The van der Waals surface area contributed by atoms with Gasteiger partial charge in [-0.25, -0.2) is 4.79 Å². The third-order valence-corrected chi connectivity index (χ3v) is 11.9. The molecule has 0 heterocycles. The van der Waals surface area contributed by atoms with Crippen LogP contribution < -0.4 is 10.4 Å². The van der Waals surface area contributed by atoms with Crippen molar-refractivity contribution in [1.29, 1.82) is 0 Å².